The summed E-state index contributed by atoms with van der Waals surface area (Å²) in [5, 5.41) is 7.15. The Kier molecular flexibility index (Phi) is 7.69. The Labute approximate surface area is 141 Å². The molecule has 0 aliphatic carbocycles. The Balaban J connectivity index is 4.38. The van der Waals surface area contributed by atoms with E-state index in [4.69, 9.17) is 4.74 Å². The van der Waals surface area contributed by atoms with Crippen LogP contribution in [0.1, 0.15) is 41.5 Å². The van der Waals surface area contributed by atoms with Gasteiger partial charge in [-0.3, -0.25) is 9.59 Å². The fourth-order valence-corrected chi connectivity index (χ4v) is 1.55. The van der Waals surface area contributed by atoms with Gasteiger partial charge >= 0.3 is 12.1 Å². The summed E-state index contributed by atoms with van der Waals surface area (Å²) in [7, 11) is 1.21. The maximum atomic E-state index is 12.0. The van der Waals surface area contributed by atoms with E-state index in [1.807, 2.05) is 0 Å². The zero-order valence-electron chi connectivity index (χ0n) is 15.2. The van der Waals surface area contributed by atoms with Crippen LogP contribution in [-0.2, 0) is 23.9 Å². The summed E-state index contributed by atoms with van der Waals surface area (Å²) in [6.07, 6.45) is -0.735. The monoisotopic (exact) mass is 345 g/mol. The van der Waals surface area contributed by atoms with Crippen LogP contribution in [0.15, 0.2) is 0 Å². The Morgan fingerprint density at radius 3 is 2.04 bits per heavy atom. The van der Waals surface area contributed by atoms with E-state index in [-0.39, 0.29) is 6.54 Å². The number of carbonyl (C=O) groups is 4. The van der Waals surface area contributed by atoms with E-state index in [1.165, 1.54) is 27.9 Å². The predicted molar refractivity (Wildman–Crippen MR) is 86.1 cm³/mol. The minimum atomic E-state index is -1.22. The zero-order valence-corrected chi connectivity index (χ0v) is 15.2. The molecule has 138 valence electrons. The topological polar surface area (TPSA) is 123 Å². The van der Waals surface area contributed by atoms with Gasteiger partial charge in [0.2, 0.25) is 11.8 Å². The van der Waals surface area contributed by atoms with Crippen molar-refractivity contribution in [2.45, 2.75) is 58.7 Å². The molecule has 0 heterocycles. The normalized spacial score (nSPS) is 12.6. The Hall–Kier alpha value is -2.32. The molecule has 24 heavy (non-hydrogen) atoms. The maximum Gasteiger partial charge on any atom is 0.408 e. The number of carbonyl (C=O) groups excluding carboxylic acids is 4. The molecule has 9 heteroatoms. The number of hydrogen-bond acceptors (Lipinski definition) is 6. The summed E-state index contributed by atoms with van der Waals surface area (Å²) in [6, 6.07) is -0.901. The van der Waals surface area contributed by atoms with E-state index in [9.17, 15) is 19.2 Å². The predicted octanol–water partition coefficient (Wildman–Crippen LogP) is 0.0836. The summed E-state index contributed by atoms with van der Waals surface area (Å²) < 4.78 is 9.56. The molecule has 3 amide bonds. The van der Waals surface area contributed by atoms with Crippen LogP contribution in [0.2, 0.25) is 0 Å². The first-order valence-electron chi connectivity index (χ1n) is 7.45. The number of alkyl carbamates (subject to hydrolysis) is 1. The summed E-state index contributed by atoms with van der Waals surface area (Å²) in [4.78, 5) is 46.7. The van der Waals surface area contributed by atoms with E-state index < -0.39 is 41.1 Å². The highest BCUT2D eigenvalue weighted by atomic mass is 16.6. The smallest absolute Gasteiger partial charge is 0.408 e. The molecule has 1 atom stereocenters. The highest BCUT2D eigenvalue weighted by molar-refractivity contribution is 5.92. The second-order valence-electron chi connectivity index (χ2n) is 6.75. The van der Waals surface area contributed by atoms with Gasteiger partial charge in [-0.05, 0) is 41.5 Å². The van der Waals surface area contributed by atoms with Crippen molar-refractivity contribution in [3.63, 3.8) is 0 Å². The minimum absolute atomic E-state index is 0.340. The van der Waals surface area contributed by atoms with Crippen LogP contribution in [-0.4, -0.2) is 54.7 Å². The summed E-state index contributed by atoms with van der Waals surface area (Å²) in [5.41, 5.74) is -1.90. The van der Waals surface area contributed by atoms with Crippen LogP contribution in [0, 0.1) is 0 Å². The first kappa shape index (κ1) is 21.7. The molecular formula is C15H27N3O6. The molecule has 0 unspecified atom stereocenters. The second-order valence-corrected chi connectivity index (χ2v) is 6.75. The molecular weight excluding hydrogens is 318 g/mol. The highest BCUT2D eigenvalue weighted by Gasteiger charge is 2.32. The minimum Gasteiger partial charge on any atom is -0.467 e. The molecule has 0 aliphatic heterocycles. The van der Waals surface area contributed by atoms with Gasteiger partial charge < -0.3 is 25.4 Å². The molecule has 0 aromatic heterocycles. The van der Waals surface area contributed by atoms with Gasteiger partial charge in [0.15, 0.2) is 0 Å². The standard InChI is InChI=1S/C15H27N3O6/c1-9(11(20)18-15(5,6)12(21)23-7)17-10(19)8-16-13(22)24-14(2,3)4/h9H,8H2,1-7H3,(H,16,22)(H,17,19)(H,18,20)/t9-/m0/s1. The average Bonchev–Trinajstić information content (AvgIpc) is 2.41. The maximum absolute atomic E-state index is 12.0. The number of nitrogens with one attached hydrogen (secondary N) is 3. The lowest BCUT2D eigenvalue weighted by molar-refractivity contribution is -0.149. The molecule has 0 rings (SSSR count). The third kappa shape index (κ3) is 8.35. The second kappa shape index (κ2) is 8.51. The van der Waals surface area contributed by atoms with Gasteiger partial charge in [0, 0.05) is 0 Å². The molecule has 0 saturated heterocycles. The van der Waals surface area contributed by atoms with E-state index in [0.717, 1.165) is 0 Å². The van der Waals surface area contributed by atoms with Crippen molar-refractivity contribution in [1.82, 2.24) is 16.0 Å². The van der Waals surface area contributed by atoms with Crippen molar-refractivity contribution in [2.75, 3.05) is 13.7 Å². The molecule has 0 bridgehead atoms. The van der Waals surface area contributed by atoms with Crippen LogP contribution in [0.4, 0.5) is 4.79 Å². The lowest BCUT2D eigenvalue weighted by atomic mass is 10.1. The lowest BCUT2D eigenvalue weighted by Gasteiger charge is -2.25. The Morgan fingerprint density at radius 2 is 1.58 bits per heavy atom. The largest absolute Gasteiger partial charge is 0.467 e. The van der Waals surface area contributed by atoms with E-state index in [0.29, 0.717) is 0 Å². The van der Waals surface area contributed by atoms with Gasteiger partial charge in [-0.25, -0.2) is 9.59 Å². The van der Waals surface area contributed by atoms with Crippen molar-refractivity contribution in [2.24, 2.45) is 0 Å². The first-order valence-corrected chi connectivity index (χ1v) is 7.45. The third-order valence-electron chi connectivity index (χ3n) is 2.69. The number of amides is 3. The summed E-state index contributed by atoms with van der Waals surface area (Å²) in [6.45, 7) is 9.16. The quantitative estimate of drug-likeness (QED) is 0.586. The van der Waals surface area contributed by atoms with Crippen LogP contribution in [0.3, 0.4) is 0 Å². The molecule has 3 N–H and O–H groups in total. The Morgan fingerprint density at radius 1 is 1.04 bits per heavy atom. The molecule has 0 radical (unpaired) electrons. The fourth-order valence-electron chi connectivity index (χ4n) is 1.55. The van der Waals surface area contributed by atoms with Crippen LogP contribution >= 0.6 is 0 Å². The third-order valence-corrected chi connectivity index (χ3v) is 2.69. The Bertz CT molecular complexity index is 496. The highest BCUT2D eigenvalue weighted by Crippen LogP contribution is 2.06. The van der Waals surface area contributed by atoms with Gasteiger partial charge in [-0.2, -0.15) is 0 Å². The van der Waals surface area contributed by atoms with Crippen LogP contribution in [0.25, 0.3) is 0 Å². The number of methoxy groups -OCH3 is 1. The molecule has 0 spiro atoms. The molecule has 0 fully saturated rings. The van der Waals surface area contributed by atoms with Crippen LogP contribution in [0.5, 0.6) is 0 Å². The number of hydrogen-bond donors (Lipinski definition) is 3. The van der Waals surface area contributed by atoms with Gasteiger partial charge in [0.25, 0.3) is 0 Å². The fraction of sp³-hybridized carbons (Fsp3) is 0.733. The SMILES string of the molecule is COC(=O)C(C)(C)NC(=O)[C@H](C)NC(=O)CNC(=O)OC(C)(C)C. The zero-order chi connectivity index (χ0) is 19.1. The molecule has 9 nitrogen and oxygen atoms in total. The van der Waals surface area contributed by atoms with Gasteiger partial charge in [0.05, 0.1) is 7.11 Å². The molecule has 0 aromatic rings. The van der Waals surface area contributed by atoms with Crippen LogP contribution < -0.4 is 16.0 Å². The lowest BCUT2D eigenvalue weighted by Crippen LogP contribution is -2.56. The number of rotatable bonds is 6. The number of esters is 1. The number of ether oxygens (including phenoxy) is 2. The van der Waals surface area contributed by atoms with Crippen molar-refractivity contribution < 1.29 is 28.7 Å². The van der Waals surface area contributed by atoms with E-state index in [1.54, 1.807) is 20.8 Å². The molecule has 0 aromatic carbocycles. The van der Waals surface area contributed by atoms with E-state index in [2.05, 4.69) is 20.7 Å². The summed E-state index contributed by atoms with van der Waals surface area (Å²) in [5.74, 6) is -1.74. The molecule has 0 aliphatic rings. The molecule has 0 saturated carbocycles. The first-order chi connectivity index (χ1) is 10.8. The van der Waals surface area contributed by atoms with Crippen molar-refractivity contribution in [3.05, 3.63) is 0 Å². The van der Waals surface area contributed by atoms with Gasteiger partial charge in [0.1, 0.15) is 23.7 Å². The van der Waals surface area contributed by atoms with Gasteiger partial charge in [-0.15, -0.1) is 0 Å². The average molecular weight is 345 g/mol. The van der Waals surface area contributed by atoms with Crippen molar-refractivity contribution >= 4 is 23.9 Å². The van der Waals surface area contributed by atoms with Crippen molar-refractivity contribution in [1.29, 1.82) is 0 Å². The van der Waals surface area contributed by atoms with E-state index >= 15 is 0 Å². The van der Waals surface area contributed by atoms with Gasteiger partial charge in [-0.1, -0.05) is 0 Å². The van der Waals surface area contributed by atoms with Crippen molar-refractivity contribution in [3.8, 4) is 0 Å². The summed E-state index contributed by atoms with van der Waals surface area (Å²) >= 11 is 0.